The topological polar surface area (TPSA) is 30.5 Å². The first-order chi connectivity index (χ1) is 7.08. The van der Waals surface area contributed by atoms with Gasteiger partial charge in [-0.15, -0.1) is 0 Å². The normalized spacial score (nSPS) is 47.0. The van der Waals surface area contributed by atoms with Crippen molar-refractivity contribution in [2.24, 2.45) is 5.92 Å². The number of rotatable bonds is 2. The molecule has 3 nitrogen and oxygen atoms in total. The van der Waals surface area contributed by atoms with Crippen LogP contribution in [-0.2, 0) is 9.47 Å². The molecule has 15 heavy (non-hydrogen) atoms. The lowest BCUT2D eigenvalue weighted by atomic mass is 9.84. The largest absolute Gasteiger partial charge is 0.381 e. The van der Waals surface area contributed by atoms with Crippen LogP contribution in [0.1, 0.15) is 33.6 Å². The van der Waals surface area contributed by atoms with E-state index in [2.05, 4.69) is 26.1 Å². The second kappa shape index (κ2) is 4.04. The lowest BCUT2D eigenvalue weighted by molar-refractivity contribution is -0.186. The smallest absolute Gasteiger partial charge is 0.0837 e. The van der Waals surface area contributed by atoms with Crippen molar-refractivity contribution >= 4 is 0 Å². The molecule has 0 radical (unpaired) electrons. The molecule has 3 heteroatoms. The molecule has 2 heterocycles. The van der Waals surface area contributed by atoms with E-state index in [-0.39, 0.29) is 11.2 Å². The van der Waals surface area contributed by atoms with Crippen LogP contribution in [0.3, 0.4) is 0 Å². The van der Waals surface area contributed by atoms with Crippen LogP contribution >= 0.6 is 0 Å². The Balaban J connectivity index is 2.06. The summed E-state index contributed by atoms with van der Waals surface area (Å²) in [6, 6.07) is 0. The van der Waals surface area contributed by atoms with Crippen molar-refractivity contribution in [3.05, 3.63) is 0 Å². The monoisotopic (exact) mass is 213 g/mol. The molecule has 1 N–H and O–H groups in total. The molecule has 2 aliphatic rings. The standard InChI is InChI=1S/C12H23NO2/c1-4-11(2)8-13-9-12(3,15-11)10-5-6-14-7-10/h10,13H,4-9H2,1-3H3. The van der Waals surface area contributed by atoms with Crippen molar-refractivity contribution in [2.45, 2.75) is 44.8 Å². The predicted molar refractivity (Wildman–Crippen MR) is 60.0 cm³/mol. The molecule has 3 unspecified atom stereocenters. The highest BCUT2D eigenvalue weighted by molar-refractivity contribution is 4.96. The second-order valence-electron chi connectivity index (χ2n) is 5.38. The zero-order valence-electron chi connectivity index (χ0n) is 10.1. The van der Waals surface area contributed by atoms with Gasteiger partial charge in [0.1, 0.15) is 0 Å². The average molecular weight is 213 g/mol. The van der Waals surface area contributed by atoms with Crippen molar-refractivity contribution in [2.75, 3.05) is 26.3 Å². The third-order valence-electron chi connectivity index (χ3n) is 4.00. The Bertz CT molecular complexity index is 228. The Hall–Kier alpha value is -0.120. The third-order valence-corrected chi connectivity index (χ3v) is 4.00. The number of nitrogens with one attached hydrogen (secondary N) is 1. The molecule has 88 valence electrons. The van der Waals surface area contributed by atoms with Crippen LogP contribution in [0, 0.1) is 5.92 Å². The maximum Gasteiger partial charge on any atom is 0.0837 e. The highest BCUT2D eigenvalue weighted by atomic mass is 16.5. The predicted octanol–water partition coefficient (Wildman–Crippen LogP) is 1.57. The maximum atomic E-state index is 6.35. The summed E-state index contributed by atoms with van der Waals surface area (Å²) in [6.45, 7) is 10.3. The summed E-state index contributed by atoms with van der Waals surface area (Å²) in [5.41, 5.74) is -0.0465. The number of ether oxygens (including phenoxy) is 2. The summed E-state index contributed by atoms with van der Waals surface area (Å²) in [5, 5.41) is 3.51. The zero-order chi connectivity index (χ0) is 10.9. The maximum absolute atomic E-state index is 6.35. The highest BCUT2D eigenvalue weighted by Gasteiger charge is 2.45. The minimum Gasteiger partial charge on any atom is -0.381 e. The Morgan fingerprint density at radius 2 is 2.13 bits per heavy atom. The molecule has 0 spiro atoms. The van der Waals surface area contributed by atoms with Gasteiger partial charge >= 0.3 is 0 Å². The minimum atomic E-state index is -0.0422. The van der Waals surface area contributed by atoms with Gasteiger partial charge in [-0.1, -0.05) is 6.92 Å². The molecule has 3 atom stereocenters. The molecule has 0 aromatic heterocycles. The molecule has 2 aliphatic heterocycles. The summed E-state index contributed by atoms with van der Waals surface area (Å²) in [6.07, 6.45) is 2.20. The number of morpholine rings is 1. The zero-order valence-corrected chi connectivity index (χ0v) is 10.1. The first kappa shape index (κ1) is 11.4. The van der Waals surface area contributed by atoms with Gasteiger partial charge in [-0.2, -0.15) is 0 Å². The third kappa shape index (κ3) is 2.19. The van der Waals surface area contributed by atoms with Crippen LogP contribution in [0.5, 0.6) is 0 Å². The van der Waals surface area contributed by atoms with E-state index < -0.39 is 0 Å². The molecular formula is C12H23NO2. The molecule has 2 saturated heterocycles. The highest BCUT2D eigenvalue weighted by Crippen LogP contribution is 2.35. The first-order valence-corrected chi connectivity index (χ1v) is 6.07. The Morgan fingerprint density at radius 1 is 1.33 bits per heavy atom. The Kier molecular flexibility index (Phi) is 3.06. The molecule has 0 aliphatic carbocycles. The van der Waals surface area contributed by atoms with Crippen molar-refractivity contribution < 1.29 is 9.47 Å². The van der Waals surface area contributed by atoms with E-state index in [1.165, 1.54) is 0 Å². The van der Waals surface area contributed by atoms with E-state index in [4.69, 9.17) is 9.47 Å². The van der Waals surface area contributed by atoms with Crippen LogP contribution in [0.4, 0.5) is 0 Å². The molecule has 0 bridgehead atoms. The van der Waals surface area contributed by atoms with Gasteiger partial charge in [0.15, 0.2) is 0 Å². The van der Waals surface area contributed by atoms with Gasteiger partial charge in [0.2, 0.25) is 0 Å². The fourth-order valence-corrected chi connectivity index (χ4v) is 2.65. The first-order valence-electron chi connectivity index (χ1n) is 6.07. The minimum absolute atomic E-state index is 0.00438. The number of hydrogen-bond acceptors (Lipinski definition) is 3. The molecule has 0 aromatic carbocycles. The quantitative estimate of drug-likeness (QED) is 0.755. The van der Waals surface area contributed by atoms with E-state index in [9.17, 15) is 0 Å². The lowest BCUT2D eigenvalue weighted by Crippen LogP contribution is -2.60. The van der Waals surface area contributed by atoms with Gasteiger partial charge in [-0.05, 0) is 26.7 Å². The van der Waals surface area contributed by atoms with Gasteiger partial charge in [-0.25, -0.2) is 0 Å². The lowest BCUT2D eigenvalue weighted by Gasteiger charge is -2.48. The van der Waals surface area contributed by atoms with Crippen LogP contribution in [-0.4, -0.2) is 37.5 Å². The molecular weight excluding hydrogens is 190 g/mol. The van der Waals surface area contributed by atoms with E-state index in [0.29, 0.717) is 5.92 Å². The van der Waals surface area contributed by atoms with Gasteiger partial charge in [0, 0.05) is 25.6 Å². The van der Waals surface area contributed by atoms with E-state index >= 15 is 0 Å². The Morgan fingerprint density at radius 3 is 2.73 bits per heavy atom. The van der Waals surface area contributed by atoms with Crippen molar-refractivity contribution in [3.8, 4) is 0 Å². The summed E-state index contributed by atoms with van der Waals surface area (Å²) in [5.74, 6) is 0.552. The van der Waals surface area contributed by atoms with E-state index in [1.807, 2.05) is 0 Å². The summed E-state index contributed by atoms with van der Waals surface area (Å²) in [7, 11) is 0. The SMILES string of the molecule is CCC1(C)CNCC(C)(C2CCOC2)O1. The van der Waals surface area contributed by atoms with Crippen LogP contribution in [0.2, 0.25) is 0 Å². The fraction of sp³-hybridized carbons (Fsp3) is 1.00. The van der Waals surface area contributed by atoms with Gasteiger partial charge in [0.25, 0.3) is 0 Å². The molecule has 2 fully saturated rings. The molecule has 0 amide bonds. The Labute approximate surface area is 92.5 Å². The number of hydrogen-bond donors (Lipinski definition) is 1. The molecule has 2 rings (SSSR count). The van der Waals surface area contributed by atoms with E-state index in [0.717, 1.165) is 39.1 Å². The van der Waals surface area contributed by atoms with Crippen LogP contribution in [0.15, 0.2) is 0 Å². The fourth-order valence-electron chi connectivity index (χ4n) is 2.65. The van der Waals surface area contributed by atoms with Crippen molar-refractivity contribution in [1.29, 1.82) is 0 Å². The van der Waals surface area contributed by atoms with Crippen LogP contribution in [0.25, 0.3) is 0 Å². The van der Waals surface area contributed by atoms with Gasteiger partial charge < -0.3 is 14.8 Å². The summed E-state index contributed by atoms with van der Waals surface area (Å²) < 4.78 is 11.8. The van der Waals surface area contributed by atoms with Crippen molar-refractivity contribution in [1.82, 2.24) is 5.32 Å². The summed E-state index contributed by atoms with van der Waals surface area (Å²) in [4.78, 5) is 0. The molecule has 0 aromatic rings. The second-order valence-corrected chi connectivity index (χ2v) is 5.38. The van der Waals surface area contributed by atoms with E-state index in [1.54, 1.807) is 0 Å². The average Bonchev–Trinajstić information content (AvgIpc) is 2.71. The van der Waals surface area contributed by atoms with Crippen LogP contribution < -0.4 is 5.32 Å². The van der Waals surface area contributed by atoms with Gasteiger partial charge in [-0.3, -0.25) is 0 Å². The van der Waals surface area contributed by atoms with Crippen molar-refractivity contribution in [3.63, 3.8) is 0 Å². The summed E-state index contributed by atoms with van der Waals surface area (Å²) >= 11 is 0. The van der Waals surface area contributed by atoms with Gasteiger partial charge in [0.05, 0.1) is 17.8 Å². The molecule has 0 saturated carbocycles.